The lowest BCUT2D eigenvalue weighted by Gasteiger charge is -2.38. The molecule has 1 amide bonds. The van der Waals surface area contributed by atoms with E-state index in [4.69, 9.17) is 24.2 Å². The third-order valence-corrected chi connectivity index (χ3v) is 10.9. The largest absolute Gasteiger partial charge is 0.497 e. The summed E-state index contributed by atoms with van der Waals surface area (Å²) in [5.74, 6) is 2.40. The van der Waals surface area contributed by atoms with Crippen LogP contribution in [-0.4, -0.2) is 62.8 Å². The highest BCUT2D eigenvalue weighted by atomic mass is 16.5. The zero-order valence-electron chi connectivity index (χ0n) is 34.9. The molecular formula is C49H58N4O4. The van der Waals surface area contributed by atoms with Gasteiger partial charge >= 0.3 is 0 Å². The molecule has 2 unspecified atom stereocenters. The van der Waals surface area contributed by atoms with Crippen molar-refractivity contribution in [3.05, 3.63) is 143 Å². The monoisotopic (exact) mass is 766 g/mol. The van der Waals surface area contributed by atoms with Gasteiger partial charge in [0.15, 0.2) is 0 Å². The second-order valence-corrected chi connectivity index (χ2v) is 16.5. The molecule has 8 nitrogen and oxygen atoms in total. The zero-order chi connectivity index (χ0) is 40.7. The lowest BCUT2D eigenvalue weighted by atomic mass is 9.80. The number of carbonyl (C=O) groups excluding carboxylic acids is 1. The zero-order valence-corrected chi connectivity index (χ0v) is 34.9. The molecule has 0 spiro atoms. The van der Waals surface area contributed by atoms with Gasteiger partial charge in [0.25, 0.3) is 0 Å². The minimum absolute atomic E-state index is 0.00860. The lowest BCUT2D eigenvalue weighted by Crippen LogP contribution is -2.52. The van der Waals surface area contributed by atoms with Crippen LogP contribution in [0.15, 0.2) is 125 Å². The van der Waals surface area contributed by atoms with Gasteiger partial charge < -0.3 is 24.8 Å². The quantitative estimate of drug-likeness (QED) is 0.112. The Morgan fingerprint density at radius 2 is 1.25 bits per heavy atom. The number of benzene rings is 4. The standard InChI is InChI=1S/C49H58N4O4/c1-10-33-11-13-34(14-12-33)44-38(29-50-46(44)36-17-23-41(56-8)24-18-36)27-32(2)52-48(3,4)31-49(5,6)53-43(54)28-39-30-51-47(37-19-25-42(57-9)26-20-37)45(39)35-15-21-40(55-7)22-16-35/h11-26,39,45,52H,2,10,27-31H2,1,3-9H3,(H,53,54). The SMILES string of the molecule is C=C(CC1=C(c2ccc(CC)cc2)C(c2ccc(OC)cc2)=NC1)NC(C)(C)CC(C)(C)NC(=O)CC1CN=C(c2ccc(OC)cc2)C1c1ccc(OC)cc1. The van der Waals surface area contributed by atoms with Crippen molar-refractivity contribution in [2.75, 3.05) is 34.4 Å². The van der Waals surface area contributed by atoms with Crippen LogP contribution in [0.2, 0.25) is 0 Å². The summed E-state index contributed by atoms with van der Waals surface area (Å²) in [4.78, 5) is 24.0. The Bertz CT molecular complexity index is 2130. The molecule has 57 heavy (non-hydrogen) atoms. The highest BCUT2D eigenvalue weighted by molar-refractivity contribution is 6.34. The van der Waals surface area contributed by atoms with Gasteiger partial charge in [-0.05, 0) is 135 Å². The molecule has 2 N–H and O–H groups in total. The Labute approximate surface area is 339 Å². The van der Waals surface area contributed by atoms with Crippen LogP contribution in [0.3, 0.4) is 0 Å². The molecule has 0 saturated heterocycles. The van der Waals surface area contributed by atoms with Gasteiger partial charge in [0.1, 0.15) is 17.2 Å². The van der Waals surface area contributed by atoms with Crippen molar-refractivity contribution < 1.29 is 19.0 Å². The fourth-order valence-electron chi connectivity index (χ4n) is 8.62. The van der Waals surface area contributed by atoms with E-state index in [2.05, 4.69) is 100 Å². The summed E-state index contributed by atoms with van der Waals surface area (Å²) in [5.41, 5.74) is 10.1. The summed E-state index contributed by atoms with van der Waals surface area (Å²) < 4.78 is 16.3. The van der Waals surface area contributed by atoms with E-state index in [-0.39, 0.29) is 23.3 Å². The third kappa shape index (κ3) is 10.0. The number of hydrogen-bond acceptors (Lipinski definition) is 7. The summed E-state index contributed by atoms with van der Waals surface area (Å²) in [6.07, 6.45) is 2.69. The van der Waals surface area contributed by atoms with Crippen LogP contribution < -0.4 is 24.8 Å². The first-order chi connectivity index (χ1) is 27.3. The molecule has 2 heterocycles. The first kappa shape index (κ1) is 41.0. The van der Waals surface area contributed by atoms with Crippen LogP contribution >= 0.6 is 0 Å². The Kier molecular flexibility index (Phi) is 12.7. The molecule has 2 aliphatic rings. The van der Waals surface area contributed by atoms with Crippen molar-refractivity contribution in [1.82, 2.24) is 10.6 Å². The predicted octanol–water partition coefficient (Wildman–Crippen LogP) is 9.38. The third-order valence-electron chi connectivity index (χ3n) is 10.9. The van der Waals surface area contributed by atoms with Crippen molar-refractivity contribution in [2.45, 2.75) is 77.3 Å². The van der Waals surface area contributed by atoms with E-state index in [9.17, 15) is 4.79 Å². The molecule has 4 aromatic carbocycles. The Balaban J connectivity index is 1.12. The summed E-state index contributed by atoms with van der Waals surface area (Å²) in [5, 5.41) is 7.11. The number of rotatable bonds is 17. The lowest BCUT2D eigenvalue weighted by molar-refractivity contribution is -0.123. The number of hydrogen-bond donors (Lipinski definition) is 2. The van der Waals surface area contributed by atoms with E-state index >= 15 is 0 Å². The van der Waals surface area contributed by atoms with Crippen molar-refractivity contribution >= 4 is 22.9 Å². The summed E-state index contributed by atoms with van der Waals surface area (Å²) in [7, 11) is 5.01. The highest BCUT2D eigenvalue weighted by Gasteiger charge is 2.37. The number of nitrogens with one attached hydrogen (secondary N) is 2. The molecular weight excluding hydrogens is 709 g/mol. The molecule has 8 heteroatoms. The molecule has 298 valence electrons. The number of aryl methyl sites for hydroxylation is 1. The van der Waals surface area contributed by atoms with E-state index in [0.29, 0.717) is 32.4 Å². The van der Waals surface area contributed by atoms with Gasteiger partial charge in [0.2, 0.25) is 5.91 Å². The van der Waals surface area contributed by atoms with Crippen LogP contribution in [0.4, 0.5) is 0 Å². The Morgan fingerprint density at radius 3 is 1.81 bits per heavy atom. The van der Waals surface area contributed by atoms with Crippen LogP contribution in [-0.2, 0) is 11.2 Å². The first-order valence-corrected chi connectivity index (χ1v) is 19.9. The number of carbonyl (C=O) groups is 1. The Morgan fingerprint density at radius 1 is 0.719 bits per heavy atom. The minimum atomic E-state index is -0.495. The molecule has 0 aromatic heterocycles. The maximum Gasteiger partial charge on any atom is 0.220 e. The number of allylic oxidation sites excluding steroid dienone is 2. The van der Waals surface area contributed by atoms with Crippen LogP contribution in [0.5, 0.6) is 17.2 Å². The maximum absolute atomic E-state index is 13.9. The van der Waals surface area contributed by atoms with Gasteiger partial charge in [-0.2, -0.15) is 0 Å². The molecule has 0 radical (unpaired) electrons. The van der Waals surface area contributed by atoms with Gasteiger partial charge in [-0.15, -0.1) is 0 Å². The predicted molar refractivity (Wildman–Crippen MR) is 233 cm³/mol. The second kappa shape index (κ2) is 17.7. The van der Waals surface area contributed by atoms with Gasteiger partial charge in [0, 0.05) is 58.9 Å². The molecule has 0 saturated carbocycles. The van der Waals surface area contributed by atoms with E-state index < -0.39 is 5.54 Å². The molecule has 4 aromatic rings. The maximum atomic E-state index is 13.9. The normalized spacial score (nSPS) is 16.8. The van der Waals surface area contributed by atoms with Crippen LogP contribution in [0.25, 0.3) is 5.57 Å². The van der Waals surface area contributed by atoms with Gasteiger partial charge in [-0.1, -0.05) is 49.9 Å². The summed E-state index contributed by atoms with van der Waals surface area (Å²) >= 11 is 0. The molecule has 0 fully saturated rings. The van der Waals surface area contributed by atoms with Gasteiger partial charge in [-0.3, -0.25) is 14.8 Å². The second-order valence-electron chi connectivity index (χ2n) is 16.5. The fourth-order valence-corrected chi connectivity index (χ4v) is 8.62. The average Bonchev–Trinajstić information content (AvgIpc) is 3.81. The smallest absolute Gasteiger partial charge is 0.220 e. The van der Waals surface area contributed by atoms with Gasteiger partial charge in [0.05, 0.1) is 33.6 Å². The number of ether oxygens (including phenoxy) is 3. The molecule has 0 bridgehead atoms. The first-order valence-electron chi connectivity index (χ1n) is 19.9. The van der Waals surface area contributed by atoms with Crippen LogP contribution in [0, 0.1) is 5.92 Å². The number of amides is 1. The molecule has 6 rings (SSSR count). The van der Waals surface area contributed by atoms with Gasteiger partial charge in [-0.25, -0.2) is 0 Å². The van der Waals surface area contributed by atoms with Crippen molar-refractivity contribution in [2.24, 2.45) is 15.9 Å². The number of aliphatic imine (C=N–C) groups is 2. The van der Waals surface area contributed by atoms with E-state index in [1.807, 2.05) is 48.5 Å². The van der Waals surface area contributed by atoms with Crippen molar-refractivity contribution in [3.63, 3.8) is 0 Å². The highest BCUT2D eigenvalue weighted by Crippen LogP contribution is 2.38. The summed E-state index contributed by atoms with van der Waals surface area (Å²) in [6.45, 7) is 16.4. The molecule has 2 atom stereocenters. The van der Waals surface area contributed by atoms with Crippen LogP contribution in [0.1, 0.15) is 87.6 Å². The van der Waals surface area contributed by atoms with Crippen molar-refractivity contribution in [3.8, 4) is 17.2 Å². The fraction of sp³-hybridized carbons (Fsp3) is 0.367. The average molecular weight is 767 g/mol. The molecule has 0 aliphatic carbocycles. The topological polar surface area (TPSA) is 93.5 Å². The minimum Gasteiger partial charge on any atom is -0.497 e. The molecule has 2 aliphatic heterocycles. The van der Waals surface area contributed by atoms with E-state index in [1.54, 1.807) is 21.3 Å². The number of methoxy groups -OCH3 is 3. The van der Waals surface area contributed by atoms with Crippen molar-refractivity contribution in [1.29, 1.82) is 0 Å². The Hall–Kier alpha value is -5.63. The number of nitrogens with zero attached hydrogens (tertiary/aromatic N) is 2. The summed E-state index contributed by atoms with van der Waals surface area (Å²) in [6, 6.07) is 33.1. The van der Waals surface area contributed by atoms with E-state index in [1.165, 1.54) is 11.1 Å². The van der Waals surface area contributed by atoms with E-state index in [0.717, 1.165) is 68.6 Å².